The van der Waals surface area contributed by atoms with E-state index in [4.69, 9.17) is 5.73 Å². The van der Waals surface area contributed by atoms with Crippen LogP contribution in [0.2, 0.25) is 0 Å². The van der Waals surface area contributed by atoms with E-state index in [1.165, 1.54) is 25.7 Å². The largest absolute Gasteiger partial charge is 0.368 e. The highest BCUT2D eigenvalue weighted by Gasteiger charge is 2.41. The first-order chi connectivity index (χ1) is 9.71. The second-order valence-electron chi connectivity index (χ2n) is 5.39. The second kappa shape index (κ2) is 5.07. The summed E-state index contributed by atoms with van der Waals surface area (Å²) in [7, 11) is 0. The minimum Gasteiger partial charge on any atom is -0.368 e. The average Bonchev–Trinajstić information content (AvgIpc) is 2.99. The number of nitrogens with two attached hydrogens (primary N) is 1. The number of nitrogen functional groups attached to an aromatic ring is 1. The Balaban J connectivity index is 1.74. The molecule has 2 aromatic rings. The van der Waals surface area contributed by atoms with Crippen molar-refractivity contribution in [2.45, 2.75) is 32.6 Å². The van der Waals surface area contributed by atoms with Crippen molar-refractivity contribution in [1.82, 2.24) is 24.5 Å². The third-order valence-electron chi connectivity index (χ3n) is 3.74. The number of rotatable bonds is 6. The van der Waals surface area contributed by atoms with Gasteiger partial charge in [-0.3, -0.25) is 4.57 Å². The summed E-state index contributed by atoms with van der Waals surface area (Å²) in [4.78, 5) is 16.6. The van der Waals surface area contributed by atoms with E-state index in [9.17, 15) is 0 Å². The van der Waals surface area contributed by atoms with Gasteiger partial charge in [0.1, 0.15) is 6.33 Å². The lowest BCUT2D eigenvalue weighted by Gasteiger charge is -2.15. The van der Waals surface area contributed by atoms with E-state index in [2.05, 4.69) is 32.2 Å². The first-order valence-corrected chi connectivity index (χ1v) is 6.94. The van der Waals surface area contributed by atoms with Crippen molar-refractivity contribution in [3.8, 4) is 5.95 Å². The predicted molar refractivity (Wildman–Crippen MR) is 76.4 cm³/mol. The first-order valence-electron chi connectivity index (χ1n) is 6.94. The molecule has 0 spiro atoms. The summed E-state index contributed by atoms with van der Waals surface area (Å²) >= 11 is 0. The summed E-state index contributed by atoms with van der Waals surface area (Å²) in [6.45, 7) is 3.12. The van der Waals surface area contributed by atoms with Gasteiger partial charge >= 0.3 is 0 Å². The fraction of sp³-hybridized carbons (Fsp3) is 0.538. The van der Waals surface area contributed by atoms with Gasteiger partial charge in [0.05, 0.1) is 0 Å². The van der Waals surface area contributed by atoms with Crippen LogP contribution < -0.4 is 11.1 Å². The van der Waals surface area contributed by atoms with Gasteiger partial charge in [-0.2, -0.15) is 15.0 Å². The molecule has 7 heteroatoms. The standard InChI is InChI=1S/C13H19N7/c1-2-3-13(4-5-13)8-16-11-17-10(14)18-12(19-11)20-7-6-15-9-20/h6-7,9H,2-5,8H2,1H3,(H3,14,16,17,18,19). The highest BCUT2D eigenvalue weighted by Crippen LogP contribution is 2.49. The Morgan fingerprint density at radius 3 is 2.85 bits per heavy atom. The van der Waals surface area contributed by atoms with Crippen molar-refractivity contribution in [2.24, 2.45) is 5.41 Å². The second-order valence-corrected chi connectivity index (χ2v) is 5.39. The lowest BCUT2D eigenvalue weighted by molar-refractivity contribution is 0.484. The number of imidazole rings is 1. The molecule has 0 aliphatic heterocycles. The van der Waals surface area contributed by atoms with E-state index in [0.29, 0.717) is 17.3 Å². The highest BCUT2D eigenvalue weighted by atomic mass is 15.3. The van der Waals surface area contributed by atoms with Crippen molar-refractivity contribution in [2.75, 3.05) is 17.6 Å². The number of nitrogens with one attached hydrogen (secondary N) is 1. The number of nitrogens with zero attached hydrogens (tertiary/aromatic N) is 5. The molecule has 0 unspecified atom stereocenters. The summed E-state index contributed by atoms with van der Waals surface area (Å²) in [5.41, 5.74) is 6.18. The lowest BCUT2D eigenvalue weighted by atomic mass is 10.0. The molecule has 106 valence electrons. The molecular weight excluding hydrogens is 254 g/mol. The Hall–Kier alpha value is -2.18. The van der Waals surface area contributed by atoms with E-state index in [1.54, 1.807) is 23.3 Å². The molecule has 1 fully saturated rings. The van der Waals surface area contributed by atoms with E-state index in [1.807, 2.05) is 0 Å². The van der Waals surface area contributed by atoms with E-state index < -0.39 is 0 Å². The summed E-state index contributed by atoms with van der Waals surface area (Å²) in [5.74, 6) is 1.23. The maximum atomic E-state index is 5.74. The molecule has 3 N–H and O–H groups in total. The third kappa shape index (κ3) is 2.71. The molecular formula is C13H19N7. The molecule has 2 heterocycles. The molecule has 0 radical (unpaired) electrons. The van der Waals surface area contributed by atoms with Gasteiger partial charge in [-0.15, -0.1) is 0 Å². The van der Waals surface area contributed by atoms with Crippen molar-refractivity contribution < 1.29 is 0 Å². The minimum absolute atomic E-state index is 0.214. The summed E-state index contributed by atoms with van der Waals surface area (Å²) in [5, 5.41) is 3.30. The number of anilines is 2. The normalized spacial score (nSPS) is 16.1. The molecule has 0 saturated heterocycles. The summed E-state index contributed by atoms with van der Waals surface area (Å²) in [6, 6.07) is 0. The van der Waals surface area contributed by atoms with Crippen LogP contribution in [0.15, 0.2) is 18.7 Å². The Bertz CT molecular complexity index is 574. The molecule has 2 aromatic heterocycles. The van der Waals surface area contributed by atoms with Crippen LogP contribution in [-0.4, -0.2) is 31.0 Å². The molecule has 0 bridgehead atoms. The Labute approximate surface area is 117 Å². The van der Waals surface area contributed by atoms with Gasteiger partial charge in [0.15, 0.2) is 0 Å². The molecule has 0 atom stereocenters. The monoisotopic (exact) mass is 273 g/mol. The maximum absolute atomic E-state index is 5.74. The SMILES string of the molecule is CCCC1(CNc2nc(N)nc(-n3ccnc3)n2)CC1. The maximum Gasteiger partial charge on any atom is 0.241 e. The van der Waals surface area contributed by atoms with E-state index in [-0.39, 0.29) is 5.95 Å². The molecule has 20 heavy (non-hydrogen) atoms. The quantitative estimate of drug-likeness (QED) is 0.830. The number of aromatic nitrogens is 5. The number of hydrogen-bond donors (Lipinski definition) is 2. The minimum atomic E-state index is 0.214. The predicted octanol–water partition coefficient (Wildman–Crippen LogP) is 1.63. The van der Waals surface area contributed by atoms with Crippen molar-refractivity contribution in [3.63, 3.8) is 0 Å². The molecule has 1 aliphatic rings. The van der Waals surface area contributed by atoms with Gasteiger partial charge in [-0.1, -0.05) is 13.3 Å². The van der Waals surface area contributed by atoms with Gasteiger partial charge in [0, 0.05) is 18.9 Å². The van der Waals surface area contributed by atoms with Crippen molar-refractivity contribution in [1.29, 1.82) is 0 Å². The summed E-state index contributed by atoms with van der Waals surface area (Å²) < 4.78 is 1.71. The zero-order valence-electron chi connectivity index (χ0n) is 11.6. The van der Waals surface area contributed by atoms with Crippen LogP contribution in [0, 0.1) is 5.41 Å². The van der Waals surface area contributed by atoms with Gasteiger partial charge in [-0.25, -0.2) is 4.98 Å². The molecule has 7 nitrogen and oxygen atoms in total. The third-order valence-corrected chi connectivity index (χ3v) is 3.74. The molecule has 1 saturated carbocycles. The van der Waals surface area contributed by atoms with Gasteiger partial charge in [-0.05, 0) is 24.7 Å². The van der Waals surface area contributed by atoms with Crippen LogP contribution in [0.4, 0.5) is 11.9 Å². The Morgan fingerprint density at radius 1 is 1.35 bits per heavy atom. The van der Waals surface area contributed by atoms with Crippen LogP contribution in [0.25, 0.3) is 5.95 Å². The zero-order valence-corrected chi connectivity index (χ0v) is 11.6. The fourth-order valence-electron chi connectivity index (χ4n) is 2.44. The molecule has 3 rings (SSSR count). The number of hydrogen-bond acceptors (Lipinski definition) is 6. The van der Waals surface area contributed by atoms with Gasteiger partial charge in [0.2, 0.25) is 17.8 Å². The Morgan fingerprint density at radius 2 is 2.20 bits per heavy atom. The van der Waals surface area contributed by atoms with E-state index >= 15 is 0 Å². The average molecular weight is 273 g/mol. The smallest absolute Gasteiger partial charge is 0.241 e. The van der Waals surface area contributed by atoms with Crippen molar-refractivity contribution >= 4 is 11.9 Å². The topological polar surface area (TPSA) is 94.5 Å². The fourth-order valence-corrected chi connectivity index (χ4v) is 2.44. The summed E-state index contributed by atoms with van der Waals surface area (Å²) in [6.07, 6.45) is 10.1. The zero-order chi connectivity index (χ0) is 14.0. The van der Waals surface area contributed by atoms with Crippen LogP contribution in [0.5, 0.6) is 0 Å². The Kier molecular flexibility index (Phi) is 3.25. The van der Waals surface area contributed by atoms with Gasteiger partial charge < -0.3 is 11.1 Å². The molecule has 0 amide bonds. The van der Waals surface area contributed by atoms with Crippen LogP contribution in [-0.2, 0) is 0 Å². The van der Waals surface area contributed by atoms with Crippen LogP contribution in [0.1, 0.15) is 32.6 Å². The lowest BCUT2D eigenvalue weighted by Crippen LogP contribution is -2.18. The van der Waals surface area contributed by atoms with Gasteiger partial charge in [0.25, 0.3) is 0 Å². The van der Waals surface area contributed by atoms with E-state index in [0.717, 1.165) is 6.54 Å². The van der Waals surface area contributed by atoms with Crippen molar-refractivity contribution in [3.05, 3.63) is 18.7 Å². The first kappa shape index (κ1) is 12.8. The van der Waals surface area contributed by atoms with Crippen LogP contribution in [0.3, 0.4) is 0 Å². The van der Waals surface area contributed by atoms with Crippen LogP contribution >= 0.6 is 0 Å². The highest BCUT2D eigenvalue weighted by molar-refractivity contribution is 5.35. The molecule has 0 aromatic carbocycles. The molecule has 1 aliphatic carbocycles.